The number of carbonyl (C=O) groups is 2. The summed E-state index contributed by atoms with van der Waals surface area (Å²) >= 11 is 0. The first-order chi connectivity index (χ1) is 18.1. The molecule has 3 saturated carbocycles. The predicted molar refractivity (Wildman–Crippen MR) is 140 cm³/mol. The zero-order chi connectivity index (χ0) is 26.7. The first-order valence-corrected chi connectivity index (χ1v) is 13.3. The van der Waals surface area contributed by atoms with Gasteiger partial charge in [0.1, 0.15) is 18.1 Å². The third kappa shape index (κ3) is 4.71. The molecule has 0 saturated heterocycles. The molecule has 3 aliphatic carbocycles. The molecule has 9 nitrogen and oxygen atoms in total. The Bertz CT molecular complexity index is 1390. The lowest BCUT2D eigenvalue weighted by atomic mass is 9.53. The fourth-order valence-electron chi connectivity index (χ4n) is 5.96. The van der Waals surface area contributed by atoms with Gasteiger partial charge in [-0.3, -0.25) is 9.59 Å². The third-order valence-electron chi connectivity index (χ3n) is 7.93. The second-order valence-corrected chi connectivity index (χ2v) is 11.9. The molecular weight excluding hydrogens is 484 g/mol. The molecule has 2 heterocycles. The van der Waals surface area contributed by atoms with Crippen LogP contribution in [0.2, 0.25) is 0 Å². The van der Waals surface area contributed by atoms with E-state index in [1.165, 1.54) is 0 Å². The number of hydrogen-bond acceptors (Lipinski definition) is 6. The summed E-state index contributed by atoms with van der Waals surface area (Å²) in [5.74, 6) is 0.987. The number of primary amides is 1. The Morgan fingerprint density at radius 3 is 2.53 bits per heavy atom. The standard InChI is InChI=1S/C29H34N4O5/c1-28(2,36)16-37-24-10-9-22-21(15-31-33(22)25(24)17-7-8-17)27(35)32-18-11-29(12-18)13-19(14-29)38-23-6-4-3-5-20(23)26(30)34/h3-6,9-10,15,17-19,36H,7-8,11-14,16H2,1-2H3,(H2,30,34)(H,32,35). The summed E-state index contributed by atoms with van der Waals surface area (Å²) < 4.78 is 13.8. The molecule has 9 heteroatoms. The van der Waals surface area contributed by atoms with Crippen molar-refractivity contribution in [2.45, 2.75) is 76.0 Å². The summed E-state index contributed by atoms with van der Waals surface area (Å²) in [4.78, 5) is 24.8. The minimum atomic E-state index is -0.939. The van der Waals surface area contributed by atoms with E-state index in [2.05, 4.69) is 10.4 Å². The minimum Gasteiger partial charge on any atom is -0.490 e. The van der Waals surface area contributed by atoms with Gasteiger partial charge in [-0.15, -0.1) is 0 Å². The number of carbonyl (C=O) groups excluding carboxylic acids is 2. The van der Waals surface area contributed by atoms with Crippen LogP contribution in [-0.2, 0) is 0 Å². The van der Waals surface area contributed by atoms with Crippen LogP contribution in [0.3, 0.4) is 0 Å². The van der Waals surface area contributed by atoms with Crippen molar-refractivity contribution in [1.29, 1.82) is 0 Å². The zero-order valence-corrected chi connectivity index (χ0v) is 21.8. The van der Waals surface area contributed by atoms with E-state index in [4.69, 9.17) is 15.2 Å². The largest absolute Gasteiger partial charge is 0.490 e. The van der Waals surface area contributed by atoms with Gasteiger partial charge in [0.2, 0.25) is 0 Å². The molecule has 3 fully saturated rings. The van der Waals surface area contributed by atoms with Crippen LogP contribution >= 0.6 is 0 Å². The van der Waals surface area contributed by atoms with Crippen LogP contribution in [0.1, 0.15) is 84.7 Å². The quantitative estimate of drug-likeness (QED) is 0.397. The Kier molecular flexibility index (Phi) is 5.86. The van der Waals surface area contributed by atoms with Gasteiger partial charge < -0.3 is 25.6 Å². The van der Waals surface area contributed by atoms with Crippen LogP contribution in [0, 0.1) is 5.41 Å². The highest BCUT2D eigenvalue weighted by Gasteiger charge is 2.54. The molecule has 3 aromatic rings. The highest BCUT2D eigenvalue weighted by atomic mass is 16.5. The van der Waals surface area contributed by atoms with Crippen LogP contribution in [0.4, 0.5) is 0 Å². The number of nitrogens with one attached hydrogen (secondary N) is 1. The predicted octanol–water partition coefficient (Wildman–Crippen LogP) is 3.58. The zero-order valence-electron chi connectivity index (χ0n) is 21.8. The SMILES string of the molecule is CC(C)(O)COc1ccc2c(C(=O)NC3CC4(C3)CC(Oc3ccccc3C(N)=O)C4)cnn2c1C1CC1. The van der Waals surface area contributed by atoms with Crippen LogP contribution in [-0.4, -0.2) is 50.9 Å². The third-order valence-corrected chi connectivity index (χ3v) is 7.93. The smallest absolute Gasteiger partial charge is 0.255 e. The number of hydrogen-bond donors (Lipinski definition) is 3. The number of benzene rings is 1. The monoisotopic (exact) mass is 518 g/mol. The fraction of sp³-hybridized carbons (Fsp3) is 0.483. The summed E-state index contributed by atoms with van der Waals surface area (Å²) in [5, 5.41) is 17.8. The highest BCUT2D eigenvalue weighted by molar-refractivity contribution is 6.01. The normalized spacial score (nSPS) is 24.5. The van der Waals surface area contributed by atoms with Gasteiger partial charge in [0.15, 0.2) is 0 Å². The molecule has 0 atom stereocenters. The molecule has 200 valence electrons. The lowest BCUT2D eigenvalue weighted by Gasteiger charge is -2.57. The molecule has 1 spiro atoms. The molecule has 2 aromatic heterocycles. The molecule has 38 heavy (non-hydrogen) atoms. The number of ether oxygens (including phenoxy) is 2. The van der Waals surface area contributed by atoms with Crippen LogP contribution in [0.5, 0.6) is 11.5 Å². The molecule has 3 aliphatic rings. The van der Waals surface area contributed by atoms with Crippen molar-refractivity contribution in [2.75, 3.05) is 6.61 Å². The summed E-state index contributed by atoms with van der Waals surface area (Å²) in [6.07, 6.45) is 7.44. The maximum Gasteiger partial charge on any atom is 0.255 e. The van der Waals surface area contributed by atoms with Gasteiger partial charge in [-0.1, -0.05) is 12.1 Å². The average Bonchev–Trinajstić information content (AvgIpc) is 3.56. The summed E-state index contributed by atoms with van der Waals surface area (Å²) in [6, 6.07) is 10.9. The topological polar surface area (TPSA) is 128 Å². The maximum atomic E-state index is 13.2. The van der Waals surface area contributed by atoms with Gasteiger partial charge in [-0.25, -0.2) is 4.52 Å². The Labute approximate surface area is 221 Å². The second-order valence-electron chi connectivity index (χ2n) is 11.9. The lowest BCUT2D eigenvalue weighted by molar-refractivity contribution is -0.0834. The molecule has 1 aromatic carbocycles. The molecule has 0 radical (unpaired) electrons. The number of rotatable bonds is 9. The second kappa shape index (κ2) is 9.01. The number of pyridine rings is 1. The number of nitrogens with two attached hydrogens (primary N) is 1. The average molecular weight is 519 g/mol. The van der Waals surface area contributed by atoms with Crippen molar-refractivity contribution in [1.82, 2.24) is 14.9 Å². The van der Waals surface area contributed by atoms with Crippen molar-refractivity contribution in [2.24, 2.45) is 11.1 Å². The molecule has 6 rings (SSSR count). The molecule has 4 N–H and O–H groups in total. The first kappa shape index (κ1) is 24.7. The number of nitrogens with zero attached hydrogens (tertiary/aromatic N) is 2. The Morgan fingerprint density at radius 1 is 1.11 bits per heavy atom. The van der Waals surface area contributed by atoms with Crippen molar-refractivity contribution in [3.8, 4) is 11.5 Å². The molecule has 0 bridgehead atoms. The number of para-hydroxylation sites is 1. The van der Waals surface area contributed by atoms with E-state index in [1.54, 1.807) is 38.2 Å². The minimum absolute atomic E-state index is 0.0560. The van der Waals surface area contributed by atoms with E-state index in [0.29, 0.717) is 28.5 Å². The van der Waals surface area contributed by atoms with Crippen LogP contribution in [0.15, 0.2) is 42.6 Å². The van der Waals surface area contributed by atoms with Crippen molar-refractivity contribution in [3.05, 3.63) is 59.4 Å². The maximum absolute atomic E-state index is 13.2. The van der Waals surface area contributed by atoms with Crippen molar-refractivity contribution < 1.29 is 24.2 Å². The lowest BCUT2D eigenvalue weighted by Crippen LogP contribution is -2.58. The number of aliphatic hydroxyl groups is 1. The van der Waals surface area contributed by atoms with E-state index in [1.807, 2.05) is 22.7 Å². The molecule has 0 aliphatic heterocycles. The summed E-state index contributed by atoms with van der Waals surface area (Å²) in [7, 11) is 0. The van der Waals surface area contributed by atoms with Gasteiger partial charge in [0, 0.05) is 12.0 Å². The van der Waals surface area contributed by atoms with Gasteiger partial charge in [-0.05, 0) is 82.1 Å². The Balaban J connectivity index is 1.07. The van der Waals surface area contributed by atoms with E-state index < -0.39 is 11.5 Å². The number of fused-ring (bicyclic) bond motifs is 1. The van der Waals surface area contributed by atoms with E-state index >= 15 is 0 Å². The van der Waals surface area contributed by atoms with Gasteiger partial charge in [0.05, 0.1) is 40.2 Å². The summed E-state index contributed by atoms with van der Waals surface area (Å²) in [5.41, 5.74) is 7.40. The van der Waals surface area contributed by atoms with Gasteiger partial charge >= 0.3 is 0 Å². The van der Waals surface area contributed by atoms with Crippen LogP contribution in [0.25, 0.3) is 5.52 Å². The van der Waals surface area contributed by atoms with E-state index in [0.717, 1.165) is 49.7 Å². The summed E-state index contributed by atoms with van der Waals surface area (Å²) in [6.45, 7) is 3.60. The van der Waals surface area contributed by atoms with Crippen LogP contribution < -0.4 is 20.5 Å². The van der Waals surface area contributed by atoms with Crippen molar-refractivity contribution in [3.63, 3.8) is 0 Å². The van der Waals surface area contributed by atoms with Crippen molar-refractivity contribution >= 4 is 17.3 Å². The number of aromatic nitrogens is 2. The molecular formula is C29H34N4O5. The van der Waals surface area contributed by atoms with E-state index in [9.17, 15) is 14.7 Å². The Morgan fingerprint density at radius 2 is 1.84 bits per heavy atom. The fourth-order valence-corrected chi connectivity index (χ4v) is 5.96. The molecule has 0 unspecified atom stereocenters. The molecule has 2 amide bonds. The van der Waals surface area contributed by atoms with Gasteiger partial charge in [0.25, 0.3) is 11.8 Å². The Hall–Kier alpha value is -3.59. The van der Waals surface area contributed by atoms with Gasteiger partial charge in [-0.2, -0.15) is 5.10 Å². The van der Waals surface area contributed by atoms with E-state index in [-0.39, 0.29) is 30.1 Å². The number of amides is 2. The first-order valence-electron chi connectivity index (χ1n) is 13.3. The highest BCUT2D eigenvalue weighted by Crippen LogP contribution is 2.57.